The number of carbonyl (C=O) groups is 2. The van der Waals surface area contributed by atoms with Crippen molar-refractivity contribution in [3.05, 3.63) is 45.1 Å². The molecule has 1 saturated heterocycles. The molecule has 37 heavy (non-hydrogen) atoms. The molecular weight excluding hydrogens is 505 g/mol. The van der Waals surface area contributed by atoms with Crippen LogP contribution in [0.3, 0.4) is 0 Å². The molecule has 0 saturated carbocycles. The van der Waals surface area contributed by atoms with Crippen molar-refractivity contribution in [2.45, 2.75) is 12.7 Å². The quantitative estimate of drug-likeness (QED) is 0.412. The van der Waals surface area contributed by atoms with E-state index in [1.807, 2.05) is 17.0 Å². The van der Waals surface area contributed by atoms with Crippen molar-refractivity contribution in [1.29, 1.82) is 0 Å². The number of imidazole rings is 1. The van der Waals surface area contributed by atoms with Gasteiger partial charge in [0.05, 0.1) is 12.8 Å². The van der Waals surface area contributed by atoms with Gasteiger partial charge >= 0.3 is 23.8 Å². The fraction of sp³-hybridized carbons (Fsp3) is 0.381. The van der Waals surface area contributed by atoms with E-state index in [1.165, 1.54) is 18.7 Å². The van der Waals surface area contributed by atoms with Gasteiger partial charge in [-0.1, -0.05) is 12.1 Å². The van der Waals surface area contributed by atoms with Crippen molar-refractivity contribution < 1.29 is 37.7 Å². The normalized spacial score (nSPS) is 13.7. The van der Waals surface area contributed by atoms with Gasteiger partial charge in [0.1, 0.15) is 12.3 Å². The number of rotatable bonds is 5. The molecule has 1 aromatic carbocycles. The highest BCUT2D eigenvalue weighted by atomic mass is 19.4. The summed E-state index contributed by atoms with van der Waals surface area (Å²) in [4.78, 5) is 52.8. The molecule has 0 atom stereocenters. The number of aryl methyl sites for hydroxylation is 1. The molecule has 0 aliphatic carbocycles. The topological polar surface area (TPSA) is 161 Å². The minimum absolute atomic E-state index is 0.122. The van der Waals surface area contributed by atoms with Gasteiger partial charge in [-0.15, -0.1) is 0 Å². The van der Waals surface area contributed by atoms with Crippen LogP contribution in [0.1, 0.15) is 0 Å². The number of anilines is 1. The van der Waals surface area contributed by atoms with E-state index in [-0.39, 0.29) is 11.2 Å². The molecule has 1 aliphatic rings. The number of nitrogens with one attached hydrogen (secondary N) is 1. The second kappa shape index (κ2) is 10.7. The number of hydrogen-bond donors (Lipinski definition) is 3. The van der Waals surface area contributed by atoms with Crippen LogP contribution in [0, 0.1) is 0 Å². The highest BCUT2D eigenvalue weighted by Gasteiger charge is 2.38. The van der Waals surface area contributed by atoms with E-state index in [9.17, 15) is 32.7 Å². The number of aromatic nitrogens is 4. The zero-order valence-electron chi connectivity index (χ0n) is 19.7. The van der Waals surface area contributed by atoms with Gasteiger partial charge in [-0.2, -0.15) is 18.2 Å². The minimum Gasteiger partial charge on any atom is -0.495 e. The van der Waals surface area contributed by atoms with E-state index >= 15 is 0 Å². The molecule has 16 heteroatoms. The van der Waals surface area contributed by atoms with Crippen molar-refractivity contribution in [3.63, 3.8) is 0 Å². The molecule has 2 aromatic heterocycles. The van der Waals surface area contributed by atoms with Crippen LogP contribution in [0.4, 0.5) is 19.1 Å². The molecule has 0 spiro atoms. The van der Waals surface area contributed by atoms with Crippen LogP contribution in [-0.2, 0) is 23.2 Å². The zero-order chi connectivity index (χ0) is 27.5. The molecule has 1 aliphatic heterocycles. The summed E-state index contributed by atoms with van der Waals surface area (Å²) in [6.07, 6.45) is -5.08. The summed E-state index contributed by atoms with van der Waals surface area (Å²) in [6.45, 7) is 2.08. The molecule has 200 valence electrons. The van der Waals surface area contributed by atoms with Gasteiger partial charge in [-0.05, 0) is 12.1 Å². The molecule has 4 rings (SSSR count). The molecule has 0 radical (unpaired) electrons. The maximum atomic E-state index is 13.3. The predicted molar refractivity (Wildman–Crippen MR) is 124 cm³/mol. The number of alkyl halides is 3. The van der Waals surface area contributed by atoms with Crippen LogP contribution in [0.15, 0.2) is 33.9 Å². The van der Waals surface area contributed by atoms with Crippen LogP contribution in [0.5, 0.6) is 5.75 Å². The number of methoxy groups -OCH3 is 1. The summed E-state index contributed by atoms with van der Waals surface area (Å²) in [5.41, 5.74) is -0.558. The van der Waals surface area contributed by atoms with Crippen molar-refractivity contribution >= 4 is 29.1 Å². The summed E-state index contributed by atoms with van der Waals surface area (Å²) >= 11 is 0. The monoisotopic (exact) mass is 528 g/mol. The summed E-state index contributed by atoms with van der Waals surface area (Å²) in [7, 11) is 3.00. The molecule has 0 unspecified atom stereocenters. The van der Waals surface area contributed by atoms with E-state index in [0.29, 0.717) is 35.0 Å². The molecule has 3 aromatic rings. The third-order valence-corrected chi connectivity index (χ3v) is 5.39. The lowest BCUT2D eigenvalue weighted by molar-refractivity contribution is -0.192. The second-order valence-corrected chi connectivity index (χ2v) is 7.76. The molecule has 13 nitrogen and oxygen atoms in total. The Balaban J connectivity index is 0.000000479. The fourth-order valence-corrected chi connectivity index (χ4v) is 3.70. The van der Waals surface area contributed by atoms with Gasteiger partial charge in [-0.25, -0.2) is 14.2 Å². The molecule has 0 bridgehead atoms. The minimum atomic E-state index is -5.08. The molecule has 3 heterocycles. The number of benzene rings is 1. The van der Waals surface area contributed by atoms with Gasteiger partial charge in [0.15, 0.2) is 11.2 Å². The van der Waals surface area contributed by atoms with Crippen molar-refractivity contribution in [1.82, 2.24) is 24.0 Å². The second-order valence-electron chi connectivity index (χ2n) is 7.76. The largest absolute Gasteiger partial charge is 0.495 e. The summed E-state index contributed by atoms with van der Waals surface area (Å²) in [5, 5.41) is 19.6. The first kappa shape index (κ1) is 27.3. The molecule has 1 fully saturated rings. The van der Waals surface area contributed by atoms with Gasteiger partial charge in [0.25, 0.3) is 5.56 Å². The lowest BCUT2D eigenvalue weighted by atomic mass is 10.2. The van der Waals surface area contributed by atoms with E-state index in [1.54, 1.807) is 16.7 Å². The van der Waals surface area contributed by atoms with Crippen LogP contribution >= 0.6 is 0 Å². The van der Waals surface area contributed by atoms with E-state index in [2.05, 4.69) is 10.3 Å². The number of para-hydroxylation sites is 2. The zero-order valence-corrected chi connectivity index (χ0v) is 19.7. The van der Waals surface area contributed by atoms with Crippen LogP contribution in [0.2, 0.25) is 0 Å². The Bertz CT molecular complexity index is 1440. The summed E-state index contributed by atoms with van der Waals surface area (Å²) in [5.74, 6) is -3.02. The number of carboxylic acid groups (broad SMARTS) is 2. The average molecular weight is 528 g/mol. The number of hydrogen-bond acceptors (Lipinski definition) is 8. The maximum Gasteiger partial charge on any atom is 0.490 e. The number of aliphatic carboxylic acids is 2. The Kier molecular flexibility index (Phi) is 7.90. The van der Waals surface area contributed by atoms with Crippen LogP contribution < -0.4 is 26.2 Å². The van der Waals surface area contributed by atoms with Crippen LogP contribution in [-0.4, -0.2) is 80.3 Å². The molecule has 0 amide bonds. The highest BCUT2D eigenvalue weighted by Crippen LogP contribution is 2.30. The Hall–Kier alpha value is -4.34. The number of halogens is 3. The molecule has 3 N–H and O–H groups in total. The number of nitrogens with zero attached hydrogens (tertiary/aromatic N) is 5. The molecular formula is C21H23F3N6O7. The Labute approximate surface area is 205 Å². The number of carboxylic acids is 2. The van der Waals surface area contributed by atoms with Gasteiger partial charge < -0.3 is 25.2 Å². The van der Waals surface area contributed by atoms with E-state index < -0.39 is 35.9 Å². The van der Waals surface area contributed by atoms with Crippen molar-refractivity contribution in [3.8, 4) is 11.4 Å². The number of fused-ring (bicyclic) bond motifs is 1. The fourth-order valence-electron chi connectivity index (χ4n) is 3.70. The summed E-state index contributed by atoms with van der Waals surface area (Å²) in [6, 6.07) is 7.17. The number of ether oxygens (including phenoxy) is 1. The summed E-state index contributed by atoms with van der Waals surface area (Å²) < 4.78 is 40.8. The average Bonchev–Trinajstić information content (AvgIpc) is 3.26. The maximum absolute atomic E-state index is 13.3. The first-order chi connectivity index (χ1) is 17.4. The van der Waals surface area contributed by atoms with Gasteiger partial charge in [-0.3, -0.25) is 18.7 Å². The SMILES string of the molecule is COc1ccccc1-n1c(N2CCNCC2)nc2c1c(=O)n(CC(=O)O)c(=O)n2C.O=C(O)C(F)(F)F. The Morgan fingerprint density at radius 1 is 1.14 bits per heavy atom. The first-order valence-corrected chi connectivity index (χ1v) is 10.7. The lowest BCUT2D eigenvalue weighted by Crippen LogP contribution is -2.44. The van der Waals surface area contributed by atoms with Crippen molar-refractivity contribution in [2.24, 2.45) is 7.05 Å². The van der Waals surface area contributed by atoms with Gasteiger partial charge in [0.2, 0.25) is 5.95 Å². The predicted octanol–water partition coefficient (Wildman–Crippen LogP) is 0.0220. The van der Waals surface area contributed by atoms with Crippen molar-refractivity contribution in [2.75, 3.05) is 38.2 Å². The lowest BCUT2D eigenvalue weighted by Gasteiger charge is -2.29. The third-order valence-electron chi connectivity index (χ3n) is 5.39. The Morgan fingerprint density at radius 2 is 1.73 bits per heavy atom. The standard InChI is InChI=1S/C19H22N6O5.C2HF3O2/c1-22-16-15(17(28)24(19(22)29)11-14(26)27)25(12-5-3-4-6-13(12)30-2)18(21-16)23-9-7-20-8-10-23;3-2(4,5)1(6)7/h3-6,20H,7-11H2,1-2H3,(H,26,27);(H,6,7). The van der Waals surface area contributed by atoms with Gasteiger partial charge in [0, 0.05) is 33.2 Å². The smallest absolute Gasteiger partial charge is 0.490 e. The van der Waals surface area contributed by atoms with E-state index in [0.717, 1.165) is 13.1 Å². The van der Waals surface area contributed by atoms with E-state index in [4.69, 9.17) is 14.6 Å². The third kappa shape index (κ3) is 5.58. The highest BCUT2D eigenvalue weighted by molar-refractivity contribution is 5.79. The van der Waals surface area contributed by atoms with Crippen LogP contribution in [0.25, 0.3) is 16.9 Å². The Morgan fingerprint density at radius 3 is 2.27 bits per heavy atom. The first-order valence-electron chi connectivity index (χ1n) is 10.7. The number of piperazine rings is 1.